The number of aliphatic hydroxyl groups excluding tert-OH is 1. The highest BCUT2D eigenvalue weighted by molar-refractivity contribution is 5.47. The van der Waals surface area contributed by atoms with E-state index in [1.807, 2.05) is 0 Å². The summed E-state index contributed by atoms with van der Waals surface area (Å²) in [5.41, 5.74) is 2.50. The SMILES string of the molecule is CC[C@H](CO)c1ccc(N(CC)CC)cc1. The van der Waals surface area contributed by atoms with E-state index in [-0.39, 0.29) is 12.5 Å². The molecule has 0 aromatic heterocycles. The molecule has 0 fully saturated rings. The average molecular weight is 221 g/mol. The summed E-state index contributed by atoms with van der Waals surface area (Å²) in [6.07, 6.45) is 0.987. The van der Waals surface area contributed by atoms with Crippen molar-refractivity contribution < 1.29 is 5.11 Å². The van der Waals surface area contributed by atoms with Crippen LogP contribution in [0.25, 0.3) is 0 Å². The van der Waals surface area contributed by atoms with Crippen LogP contribution >= 0.6 is 0 Å². The molecule has 1 aromatic rings. The van der Waals surface area contributed by atoms with Gasteiger partial charge in [0, 0.05) is 31.3 Å². The molecule has 0 spiro atoms. The van der Waals surface area contributed by atoms with Gasteiger partial charge in [0.15, 0.2) is 0 Å². The zero-order valence-corrected chi connectivity index (χ0v) is 10.6. The fourth-order valence-corrected chi connectivity index (χ4v) is 2.02. The quantitative estimate of drug-likeness (QED) is 0.798. The first-order valence-electron chi connectivity index (χ1n) is 6.22. The number of aliphatic hydroxyl groups is 1. The molecule has 16 heavy (non-hydrogen) atoms. The van der Waals surface area contributed by atoms with Gasteiger partial charge in [0.2, 0.25) is 0 Å². The molecule has 0 saturated carbocycles. The molecule has 0 aliphatic heterocycles. The van der Waals surface area contributed by atoms with Gasteiger partial charge in [0.05, 0.1) is 0 Å². The van der Waals surface area contributed by atoms with Gasteiger partial charge in [-0.15, -0.1) is 0 Å². The maximum Gasteiger partial charge on any atom is 0.0499 e. The van der Waals surface area contributed by atoms with E-state index < -0.39 is 0 Å². The number of hydrogen-bond acceptors (Lipinski definition) is 2. The second-order valence-corrected chi connectivity index (χ2v) is 4.05. The predicted octanol–water partition coefficient (Wildman–Crippen LogP) is 3.02. The first-order valence-corrected chi connectivity index (χ1v) is 6.22. The van der Waals surface area contributed by atoms with E-state index in [1.54, 1.807) is 0 Å². The Bertz CT molecular complexity index is 255. The summed E-state index contributed by atoms with van der Waals surface area (Å²) in [7, 11) is 0. The summed E-state index contributed by atoms with van der Waals surface area (Å²) in [5.74, 6) is 0.283. The Balaban J connectivity index is 2.81. The molecular formula is C14H23NO. The second-order valence-electron chi connectivity index (χ2n) is 4.05. The van der Waals surface area contributed by atoms with Crippen molar-refractivity contribution in [2.45, 2.75) is 33.1 Å². The van der Waals surface area contributed by atoms with Crippen LogP contribution in [0.4, 0.5) is 5.69 Å². The Labute approximate surface area is 98.9 Å². The number of benzene rings is 1. The minimum absolute atomic E-state index is 0.237. The molecule has 1 aromatic carbocycles. The summed E-state index contributed by atoms with van der Waals surface area (Å²) in [6.45, 7) is 8.75. The molecule has 0 unspecified atom stereocenters. The number of rotatable bonds is 6. The highest BCUT2D eigenvalue weighted by Gasteiger charge is 2.08. The third-order valence-electron chi connectivity index (χ3n) is 3.21. The Morgan fingerprint density at radius 3 is 2.00 bits per heavy atom. The van der Waals surface area contributed by atoms with Gasteiger partial charge in [-0.2, -0.15) is 0 Å². The van der Waals surface area contributed by atoms with Crippen molar-refractivity contribution in [3.63, 3.8) is 0 Å². The van der Waals surface area contributed by atoms with Crippen molar-refractivity contribution >= 4 is 5.69 Å². The van der Waals surface area contributed by atoms with Crippen molar-refractivity contribution in [3.8, 4) is 0 Å². The third-order valence-corrected chi connectivity index (χ3v) is 3.21. The van der Waals surface area contributed by atoms with Gasteiger partial charge in [-0.25, -0.2) is 0 Å². The van der Waals surface area contributed by atoms with Crippen LogP contribution in [0, 0.1) is 0 Å². The lowest BCUT2D eigenvalue weighted by Crippen LogP contribution is -2.21. The Hall–Kier alpha value is -1.02. The molecule has 0 radical (unpaired) electrons. The van der Waals surface area contributed by atoms with Crippen LogP contribution in [0.1, 0.15) is 38.7 Å². The molecule has 2 nitrogen and oxygen atoms in total. The molecule has 0 heterocycles. The van der Waals surface area contributed by atoms with Crippen LogP contribution in [0.3, 0.4) is 0 Å². The van der Waals surface area contributed by atoms with Crippen LogP contribution in [0.15, 0.2) is 24.3 Å². The summed E-state index contributed by atoms with van der Waals surface area (Å²) in [5, 5.41) is 9.24. The molecule has 1 N–H and O–H groups in total. The van der Waals surface area contributed by atoms with Crippen LogP contribution in [-0.2, 0) is 0 Å². The Morgan fingerprint density at radius 1 is 1.06 bits per heavy atom. The van der Waals surface area contributed by atoms with Gasteiger partial charge in [-0.1, -0.05) is 19.1 Å². The van der Waals surface area contributed by atoms with Gasteiger partial charge >= 0.3 is 0 Å². The van der Waals surface area contributed by atoms with E-state index in [4.69, 9.17) is 0 Å². The minimum Gasteiger partial charge on any atom is -0.396 e. The normalized spacial score (nSPS) is 12.5. The van der Waals surface area contributed by atoms with E-state index in [0.29, 0.717) is 0 Å². The van der Waals surface area contributed by atoms with E-state index in [9.17, 15) is 5.11 Å². The molecule has 1 atom stereocenters. The molecule has 90 valence electrons. The lowest BCUT2D eigenvalue weighted by Gasteiger charge is -2.22. The van der Waals surface area contributed by atoms with Crippen LogP contribution < -0.4 is 4.90 Å². The largest absolute Gasteiger partial charge is 0.396 e. The topological polar surface area (TPSA) is 23.5 Å². The smallest absolute Gasteiger partial charge is 0.0499 e. The molecule has 2 heteroatoms. The van der Waals surface area contributed by atoms with Crippen molar-refractivity contribution in [3.05, 3.63) is 29.8 Å². The summed E-state index contributed by atoms with van der Waals surface area (Å²) >= 11 is 0. The van der Waals surface area contributed by atoms with E-state index in [2.05, 4.69) is 49.9 Å². The van der Waals surface area contributed by atoms with Crippen molar-refractivity contribution in [1.29, 1.82) is 0 Å². The maximum atomic E-state index is 9.24. The van der Waals surface area contributed by atoms with E-state index in [0.717, 1.165) is 19.5 Å². The Kier molecular flexibility index (Phi) is 5.33. The Morgan fingerprint density at radius 2 is 1.62 bits per heavy atom. The van der Waals surface area contributed by atoms with Gasteiger partial charge in [-0.3, -0.25) is 0 Å². The monoisotopic (exact) mass is 221 g/mol. The first kappa shape index (κ1) is 13.0. The van der Waals surface area contributed by atoms with Crippen LogP contribution in [0.2, 0.25) is 0 Å². The van der Waals surface area contributed by atoms with Gasteiger partial charge in [-0.05, 0) is 38.0 Å². The zero-order valence-electron chi connectivity index (χ0n) is 10.6. The van der Waals surface area contributed by atoms with Crippen molar-refractivity contribution in [2.24, 2.45) is 0 Å². The van der Waals surface area contributed by atoms with Crippen molar-refractivity contribution in [1.82, 2.24) is 0 Å². The zero-order chi connectivity index (χ0) is 12.0. The molecule has 0 amide bonds. The van der Waals surface area contributed by atoms with Crippen molar-refractivity contribution in [2.75, 3.05) is 24.6 Å². The highest BCUT2D eigenvalue weighted by atomic mass is 16.3. The summed E-state index contributed by atoms with van der Waals surface area (Å²) in [6, 6.07) is 8.58. The standard InChI is InChI=1S/C14H23NO/c1-4-12(11-16)13-7-9-14(10-8-13)15(5-2)6-3/h7-10,12,16H,4-6,11H2,1-3H3/t12-/m1/s1. The number of anilines is 1. The minimum atomic E-state index is 0.237. The molecule has 0 bridgehead atoms. The highest BCUT2D eigenvalue weighted by Crippen LogP contribution is 2.22. The molecular weight excluding hydrogens is 198 g/mol. The maximum absolute atomic E-state index is 9.24. The molecule has 1 rings (SSSR count). The first-order chi connectivity index (χ1) is 7.76. The lowest BCUT2D eigenvalue weighted by atomic mass is 9.97. The summed E-state index contributed by atoms with van der Waals surface area (Å²) < 4.78 is 0. The van der Waals surface area contributed by atoms with Gasteiger partial charge in [0.1, 0.15) is 0 Å². The van der Waals surface area contributed by atoms with Gasteiger partial charge < -0.3 is 10.0 Å². The fraction of sp³-hybridized carbons (Fsp3) is 0.571. The fourth-order valence-electron chi connectivity index (χ4n) is 2.02. The molecule has 0 aliphatic rings. The van der Waals surface area contributed by atoms with Gasteiger partial charge in [0.25, 0.3) is 0 Å². The van der Waals surface area contributed by atoms with Crippen LogP contribution in [0.5, 0.6) is 0 Å². The lowest BCUT2D eigenvalue weighted by molar-refractivity contribution is 0.262. The van der Waals surface area contributed by atoms with Crippen LogP contribution in [-0.4, -0.2) is 24.8 Å². The molecule has 0 saturated heterocycles. The third kappa shape index (κ3) is 2.99. The average Bonchev–Trinajstić information content (AvgIpc) is 2.34. The van der Waals surface area contributed by atoms with E-state index >= 15 is 0 Å². The van der Waals surface area contributed by atoms with E-state index in [1.165, 1.54) is 11.3 Å². The number of hydrogen-bond donors (Lipinski definition) is 1. The molecule has 0 aliphatic carbocycles. The number of nitrogens with zero attached hydrogens (tertiary/aromatic N) is 1. The second kappa shape index (κ2) is 6.54. The predicted molar refractivity (Wildman–Crippen MR) is 70.1 cm³/mol. The summed E-state index contributed by atoms with van der Waals surface area (Å²) in [4.78, 5) is 2.32.